The van der Waals surface area contributed by atoms with Crippen molar-refractivity contribution >= 4 is 29.6 Å². The van der Waals surface area contributed by atoms with Crippen LogP contribution in [0.5, 0.6) is 0 Å². The van der Waals surface area contributed by atoms with Crippen LogP contribution in [0.2, 0.25) is 5.15 Å². The molecule has 1 atom stereocenters. The number of hydrogen-bond acceptors (Lipinski definition) is 6. The molecule has 2 rings (SSSR count). The third kappa shape index (κ3) is 4.60. The summed E-state index contributed by atoms with van der Waals surface area (Å²) in [5, 5.41) is 6.28. The maximum absolute atomic E-state index is 12.4. The Labute approximate surface area is 155 Å². The van der Waals surface area contributed by atoms with Crippen LogP contribution in [0.4, 0.5) is 4.79 Å². The number of aromatic nitrogens is 2. The van der Waals surface area contributed by atoms with Gasteiger partial charge >= 0.3 is 12.1 Å². The summed E-state index contributed by atoms with van der Waals surface area (Å²) in [6.07, 6.45) is -2.16. The second-order valence-electron chi connectivity index (χ2n) is 5.42. The number of rotatable bonds is 5. The van der Waals surface area contributed by atoms with E-state index in [4.69, 9.17) is 16.3 Å². The van der Waals surface area contributed by atoms with E-state index >= 15 is 0 Å². The highest BCUT2D eigenvalue weighted by molar-refractivity contribution is 6.32. The molecule has 9 heteroatoms. The van der Waals surface area contributed by atoms with Crippen LogP contribution < -0.4 is 5.32 Å². The van der Waals surface area contributed by atoms with Crippen molar-refractivity contribution in [3.8, 4) is 0 Å². The minimum absolute atomic E-state index is 0.0697. The maximum Gasteiger partial charge on any atom is 0.413 e. The van der Waals surface area contributed by atoms with Crippen molar-refractivity contribution < 1.29 is 23.9 Å². The molecule has 0 bridgehead atoms. The van der Waals surface area contributed by atoms with Crippen molar-refractivity contribution in [2.24, 2.45) is 0 Å². The zero-order valence-electron chi connectivity index (χ0n) is 14.5. The number of benzene rings is 1. The summed E-state index contributed by atoms with van der Waals surface area (Å²) in [4.78, 5) is 35.2. The van der Waals surface area contributed by atoms with E-state index in [2.05, 4.69) is 9.84 Å². The van der Waals surface area contributed by atoms with Gasteiger partial charge in [-0.05, 0) is 19.4 Å². The van der Waals surface area contributed by atoms with Gasteiger partial charge in [-0.3, -0.25) is 10.1 Å². The molecule has 8 nitrogen and oxygen atoms in total. The molecule has 0 aliphatic heterocycles. The van der Waals surface area contributed by atoms with Gasteiger partial charge in [-0.2, -0.15) is 5.10 Å². The lowest BCUT2D eigenvalue weighted by Gasteiger charge is -2.12. The third-order valence-corrected chi connectivity index (χ3v) is 3.89. The monoisotopic (exact) mass is 379 g/mol. The number of methoxy groups -OCH3 is 1. The van der Waals surface area contributed by atoms with E-state index in [0.29, 0.717) is 12.2 Å². The Kier molecular flexibility index (Phi) is 6.35. The molecule has 138 valence electrons. The van der Waals surface area contributed by atoms with E-state index in [1.54, 1.807) is 6.92 Å². The molecule has 0 aliphatic rings. The van der Waals surface area contributed by atoms with Gasteiger partial charge in [-0.25, -0.2) is 14.3 Å². The van der Waals surface area contributed by atoms with E-state index in [-0.39, 0.29) is 10.7 Å². The average molecular weight is 380 g/mol. The predicted octanol–water partition coefficient (Wildman–Crippen LogP) is 2.32. The average Bonchev–Trinajstić information content (AvgIpc) is 2.89. The lowest BCUT2D eigenvalue weighted by Crippen LogP contribution is -2.39. The van der Waals surface area contributed by atoms with Crippen molar-refractivity contribution in [1.82, 2.24) is 15.1 Å². The molecule has 2 aromatic rings. The number of ether oxygens (including phenoxy) is 2. The van der Waals surface area contributed by atoms with E-state index in [1.165, 1.54) is 11.6 Å². The van der Waals surface area contributed by atoms with Crippen LogP contribution in [0.15, 0.2) is 30.3 Å². The quantitative estimate of drug-likeness (QED) is 0.800. The fraction of sp³-hybridized carbons (Fsp3) is 0.294. The highest BCUT2D eigenvalue weighted by Crippen LogP contribution is 2.22. The normalized spacial score (nSPS) is 11.5. The Morgan fingerprint density at radius 2 is 1.92 bits per heavy atom. The smallest absolute Gasteiger partial charge is 0.413 e. The van der Waals surface area contributed by atoms with Crippen LogP contribution in [-0.4, -0.2) is 41.0 Å². The lowest BCUT2D eigenvalue weighted by atomic mass is 10.2. The molecule has 0 spiro atoms. The SMILES string of the molecule is COC(=O)NC(=O)[C@@H](C)OC(=O)c1c(C)nn(Cc2ccccc2)c1Cl. The number of halogens is 1. The second-order valence-corrected chi connectivity index (χ2v) is 5.78. The number of imide groups is 1. The fourth-order valence-corrected chi connectivity index (χ4v) is 2.48. The van der Waals surface area contributed by atoms with Crippen molar-refractivity contribution in [2.75, 3.05) is 7.11 Å². The first-order valence-corrected chi connectivity index (χ1v) is 8.08. The van der Waals surface area contributed by atoms with E-state index < -0.39 is 24.1 Å². The Bertz CT molecular complexity index is 819. The number of alkyl carbamates (subject to hydrolysis) is 1. The zero-order chi connectivity index (χ0) is 19.3. The maximum atomic E-state index is 12.4. The Hall–Kier alpha value is -2.87. The molecule has 0 radical (unpaired) electrons. The summed E-state index contributed by atoms with van der Waals surface area (Å²) in [5.41, 5.74) is 1.40. The predicted molar refractivity (Wildman–Crippen MR) is 92.9 cm³/mol. The molecule has 0 fully saturated rings. The molecule has 26 heavy (non-hydrogen) atoms. The number of carbonyl (C=O) groups is 3. The van der Waals surface area contributed by atoms with Gasteiger partial charge in [-0.15, -0.1) is 0 Å². The van der Waals surface area contributed by atoms with Gasteiger partial charge in [0.2, 0.25) is 0 Å². The molecular formula is C17H18ClN3O5. The van der Waals surface area contributed by atoms with Gasteiger partial charge in [0.1, 0.15) is 10.7 Å². The van der Waals surface area contributed by atoms with Crippen molar-refractivity contribution in [3.63, 3.8) is 0 Å². The topological polar surface area (TPSA) is 99.5 Å². The molecule has 0 unspecified atom stereocenters. The number of amides is 2. The van der Waals surface area contributed by atoms with Crippen LogP contribution in [0, 0.1) is 6.92 Å². The van der Waals surface area contributed by atoms with Crippen LogP contribution in [0.3, 0.4) is 0 Å². The van der Waals surface area contributed by atoms with Crippen molar-refractivity contribution in [2.45, 2.75) is 26.5 Å². The standard InChI is InChI=1S/C17H18ClN3O5/c1-10-13(16(23)26-11(2)15(22)19-17(24)25-3)14(18)21(20-10)9-12-7-5-4-6-8-12/h4-8,11H,9H2,1-3H3,(H,19,22,24)/t11-/m1/s1. The first kappa shape index (κ1) is 19.5. The number of hydrogen-bond donors (Lipinski definition) is 1. The minimum atomic E-state index is -1.21. The molecule has 1 N–H and O–H groups in total. The fourth-order valence-electron chi connectivity index (χ4n) is 2.17. The number of nitrogens with zero attached hydrogens (tertiary/aromatic N) is 2. The first-order valence-electron chi connectivity index (χ1n) is 7.70. The van der Waals surface area contributed by atoms with Crippen LogP contribution in [0.1, 0.15) is 28.5 Å². The van der Waals surface area contributed by atoms with E-state index in [9.17, 15) is 14.4 Å². The molecule has 1 aromatic heterocycles. The van der Waals surface area contributed by atoms with Gasteiger partial charge in [0.05, 0.1) is 19.3 Å². The molecule has 0 aliphatic carbocycles. The molecular weight excluding hydrogens is 362 g/mol. The van der Waals surface area contributed by atoms with Crippen molar-refractivity contribution in [3.05, 3.63) is 52.3 Å². The Balaban J connectivity index is 2.12. The van der Waals surface area contributed by atoms with Crippen LogP contribution in [0.25, 0.3) is 0 Å². The highest BCUT2D eigenvalue weighted by atomic mass is 35.5. The van der Waals surface area contributed by atoms with Gasteiger partial charge in [0.25, 0.3) is 5.91 Å². The van der Waals surface area contributed by atoms with Gasteiger partial charge in [-0.1, -0.05) is 41.9 Å². The van der Waals surface area contributed by atoms with E-state index in [1.807, 2.05) is 35.6 Å². The third-order valence-electron chi connectivity index (χ3n) is 3.51. The summed E-state index contributed by atoms with van der Waals surface area (Å²) >= 11 is 6.27. The van der Waals surface area contributed by atoms with Gasteiger partial charge in [0, 0.05) is 0 Å². The number of aryl methyl sites for hydroxylation is 1. The molecule has 0 saturated carbocycles. The second kappa shape index (κ2) is 8.48. The first-order chi connectivity index (χ1) is 12.3. The molecule has 0 saturated heterocycles. The van der Waals surface area contributed by atoms with Crippen molar-refractivity contribution in [1.29, 1.82) is 0 Å². The molecule has 1 heterocycles. The summed E-state index contributed by atoms with van der Waals surface area (Å²) < 4.78 is 10.9. The van der Waals surface area contributed by atoms with Gasteiger partial charge < -0.3 is 9.47 Å². The van der Waals surface area contributed by atoms with Crippen LogP contribution >= 0.6 is 11.6 Å². The lowest BCUT2D eigenvalue weighted by molar-refractivity contribution is -0.128. The number of carbonyl (C=O) groups excluding carboxylic acids is 3. The largest absolute Gasteiger partial charge is 0.453 e. The van der Waals surface area contributed by atoms with Gasteiger partial charge in [0.15, 0.2) is 6.10 Å². The Morgan fingerprint density at radius 3 is 2.54 bits per heavy atom. The zero-order valence-corrected chi connectivity index (χ0v) is 15.2. The number of nitrogens with one attached hydrogen (secondary N) is 1. The van der Waals surface area contributed by atoms with Crippen LogP contribution in [-0.2, 0) is 20.8 Å². The minimum Gasteiger partial charge on any atom is -0.453 e. The highest BCUT2D eigenvalue weighted by Gasteiger charge is 2.26. The molecule has 2 amide bonds. The number of esters is 1. The van der Waals surface area contributed by atoms with E-state index in [0.717, 1.165) is 12.7 Å². The summed E-state index contributed by atoms with van der Waals surface area (Å²) in [6, 6.07) is 9.48. The summed E-state index contributed by atoms with van der Waals surface area (Å²) in [7, 11) is 1.11. The molecule has 1 aromatic carbocycles. The Morgan fingerprint density at radius 1 is 1.27 bits per heavy atom. The summed E-state index contributed by atoms with van der Waals surface area (Å²) in [6.45, 7) is 3.32. The summed E-state index contributed by atoms with van der Waals surface area (Å²) in [5.74, 6) is -1.62.